The Morgan fingerprint density at radius 2 is 2.20 bits per heavy atom. The standard InChI is InChI=1S/C17H21N3O3S.ClH/c1-2-3-4-12(8-18)20-16(21)15-9-19-17(24-15)11-5-6-13-14(7-11)23-10-22-13;/h5-7,9,12H,2-4,8,10,18H2,1H3,(H,20,21);1H. The minimum Gasteiger partial charge on any atom is -0.454 e. The van der Waals surface area contributed by atoms with Crippen molar-refractivity contribution in [3.8, 4) is 22.1 Å². The van der Waals surface area contributed by atoms with Gasteiger partial charge in [0.15, 0.2) is 11.5 Å². The molecule has 0 saturated carbocycles. The van der Waals surface area contributed by atoms with E-state index in [9.17, 15) is 4.79 Å². The van der Waals surface area contributed by atoms with Crippen molar-refractivity contribution >= 4 is 29.7 Å². The summed E-state index contributed by atoms with van der Waals surface area (Å²) in [6.07, 6.45) is 4.63. The second-order valence-electron chi connectivity index (χ2n) is 5.65. The van der Waals surface area contributed by atoms with Gasteiger partial charge in [0.05, 0.1) is 6.20 Å². The molecule has 1 aromatic heterocycles. The average Bonchev–Trinajstić information content (AvgIpc) is 3.26. The summed E-state index contributed by atoms with van der Waals surface area (Å²) >= 11 is 1.36. The molecule has 2 aromatic rings. The zero-order valence-corrected chi connectivity index (χ0v) is 15.6. The second kappa shape index (κ2) is 9.03. The molecule has 1 aliphatic rings. The van der Waals surface area contributed by atoms with Crippen molar-refractivity contribution in [1.82, 2.24) is 10.3 Å². The lowest BCUT2D eigenvalue weighted by Gasteiger charge is -2.15. The number of thiazole rings is 1. The molecular weight excluding hydrogens is 362 g/mol. The molecule has 1 atom stereocenters. The molecule has 3 N–H and O–H groups in total. The van der Waals surface area contributed by atoms with E-state index in [2.05, 4.69) is 17.2 Å². The zero-order chi connectivity index (χ0) is 16.9. The molecule has 1 aromatic carbocycles. The third-order valence-electron chi connectivity index (χ3n) is 3.87. The highest BCUT2D eigenvalue weighted by Gasteiger charge is 2.18. The SMILES string of the molecule is CCCCC(CN)NC(=O)c1cnc(-c2ccc3c(c2)OCO3)s1.Cl. The van der Waals surface area contributed by atoms with Gasteiger partial charge in [0, 0.05) is 18.2 Å². The molecule has 0 aliphatic carbocycles. The van der Waals surface area contributed by atoms with E-state index in [1.54, 1.807) is 6.20 Å². The van der Waals surface area contributed by atoms with E-state index in [1.807, 2.05) is 18.2 Å². The highest BCUT2D eigenvalue weighted by atomic mass is 35.5. The van der Waals surface area contributed by atoms with Crippen molar-refractivity contribution in [3.05, 3.63) is 29.3 Å². The summed E-state index contributed by atoms with van der Waals surface area (Å²) < 4.78 is 10.7. The number of amides is 1. The predicted octanol–water partition coefficient (Wildman–Crippen LogP) is 3.21. The summed E-state index contributed by atoms with van der Waals surface area (Å²) in [5.41, 5.74) is 6.64. The van der Waals surface area contributed by atoms with Gasteiger partial charge in [0.25, 0.3) is 5.91 Å². The van der Waals surface area contributed by atoms with E-state index >= 15 is 0 Å². The van der Waals surface area contributed by atoms with Gasteiger partial charge in [-0.25, -0.2) is 4.98 Å². The van der Waals surface area contributed by atoms with Gasteiger partial charge in [-0.2, -0.15) is 0 Å². The average molecular weight is 384 g/mol. The second-order valence-corrected chi connectivity index (χ2v) is 6.68. The Morgan fingerprint density at radius 1 is 1.40 bits per heavy atom. The van der Waals surface area contributed by atoms with Gasteiger partial charge in [-0.15, -0.1) is 23.7 Å². The van der Waals surface area contributed by atoms with Gasteiger partial charge < -0.3 is 20.5 Å². The smallest absolute Gasteiger partial charge is 0.263 e. The maximum absolute atomic E-state index is 12.4. The number of nitrogens with two attached hydrogens (primary N) is 1. The highest BCUT2D eigenvalue weighted by Crippen LogP contribution is 2.36. The number of carbonyl (C=O) groups is 1. The Bertz CT molecular complexity index is 723. The lowest BCUT2D eigenvalue weighted by molar-refractivity contribution is 0.0939. The van der Waals surface area contributed by atoms with Crippen LogP contribution in [-0.4, -0.2) is 30.3 Å². The monoisotopic (exact) mass is 383 g/mol. The fourth-order valence-electron chi connectivity index (χ4n) is 2.50. The largest absolute Gasteiger partial charge is 0.454 e. The molecule has 0 radical (unpaired) electrons. The maximum atomic E-state index is 12.4. The predicted molar refractivity (Wildman–Crippen MR) is 101 cm³/mol. The van der Waals surface area contributed by atoms with Crippen molar-refractivity contribution in [1.29, 1.82) is 0 Å². The highest BCUT2D eigenvalue weighted by molar-refractivity contribution is 7.16. The minimum atomic E-state index is -0.119. The number of nitrogens with zero attached hydrogens (tertiary/aromatic N) is 1. The van der Waals surface area contributed by atoms with Crippen LogP contribution in [0.2, 0.25) is 0 Å². The first-order chi connectivity index (χ1) is 11.7. The molecule has 0 fully saturated rings. The number of nitrogens with one attached hydrogen (secondary N) is 1. The summed E-state index contributed by atoms with van der Waals surface area (Å²) in [5, 5.41) is 3.76. The molecular formula is C17H22ClN3O3S. The first kappa shape index (κ1) is 19.5. The number of halogens is 1. The fourth-order valence-corrected chi connectivity index (χ4v) is 3.31. The summed E-state index contributed by atoms with van der Waals surface area (Å²) in [6.45, 7) is 2.80. The van der Waals surface area contributed by atoms with Gasteiger partial charge in [-0.1, -0.05) is 19.8 Å². The zero-order valence-electron chi connectivity index (χ0n) is 14.0. The van der Waals surface area contributed by atoms with Crippen LogP contribution in [0.4, 0.5) is 0 Å². The Labute approximate surface area is 157 Å². The number of fused-ring (bicyclic) bond motifs is 1. The van der Waals surface area contributed by atoms with Gasteiger partial charge in [-0.3, -0.25) is 4.79 Å². The molecule has 6 nitrogen and oxygen atoms in total. The van der Waals surface area contributed by atoms with E-state index in [0.717, 1.165) is 35.6 Å². The van der Waals surface area contributed by atoms with Crippen LogP contribution in [0.15, 0.2) is 24.4 Å². The third kappa shape index (κ3) is 4.62. The van der Waals surface area contributed by atoms with E-state index in [0.29, 0.717) is 17.2 Å². The van der Waals surface area contributed by atoms with Crippen LogP contribution in [0.5, 0.6) is 11.5 Å². The third-order valence-corrected chi connectivity index (χ3v) is 4.92. The van der Waals surface area contributed by atoms with Crippen molar-refractivity contribution in [3.63, 3.8) is 0 Å². The number of unbranched alkanes of at least 4 members (excludes halogenated alkanes) is 1. The number of rotatable bonds is 7. The Balaban J connectivity index is 0.00000225. The molecule has 8 heteroatoms. The topological polar surface area (TPSA) is 86.5 Å². The molecule has 0 spiro atoms. The fraction of sp³-hybridized carbons (Fsp3) is 0.412. The first-order valence-electron chi connectivity index (χ1n) is 8.08. The molecule has 2 heterocycles. The van der Waals surface area contributed by atoms with Crippen molar-refractivity contribution < 1.29 is 14.3 Å². The molecule has 1 aliphatic heterocycles. The quantitative estimate of drug-likeness (QED) is 0.766. The molecule has 1 unspecified atom stereocenters. The molecule has 1 amide bonds. The lowest BCUT2D eigenvalue weighted by Crippen LogP contribution is -2.39. The van der Waals surface area contributed by atoms with Gasteiger partial charge >= 0.3 is 0 Å². The molecule has 3 rings (SSSR count). The normalized spacial score (nSPS) is 13.2. The molecule has 0 bridgehead atoms. The van der Waals surface area contributed by atoms with E-state index in [-0.39, 0.29) is 31.1 Å². The Kier molecular flexibility index (Phi) is 7.04. The van der Waals surface area contributed by atoms with Crippen molar-refractivity contribution in [2.75, 3.05) is 13.3 Å². The Morgan fingerprint density at radius 3 is 2.96 bits per heavy atom. The number of ether oxygens (including phenoxy) is 2. The maximum Gasteiger partial charge on any atom is 0.263 e. The van der Waals surface area contributed by atoms with Crippen LogP contribution >= 0.6 is 23.7 Å². The summed E-state index contributed by atoms with van der Waals surface area (Å²) in [5.74, 6) is 1.32. The van der Waals surface area contributed by atoms with Crippen LogP contribution in [0.25, 0.3) is 10.6 Å². The van der Waals surface area contributed by atoms with Crippen LogP contribution in [0.3, 0.4) is 0 Å². The first-order valence-corrected chi connectivity index (χ1v) is 8.89. The molecule has 136 valence electrons. The van der Waals surface area contributed by atoms with Crippen LogP contribution in [0, 0.1) is 0 Å². The van der Waals surface area contributed by atoms with E-state index in [1.165, 1.54) is 11.3 Å². The summed E-state index contributed by atoms with van der Waals surface area (Å²) in [6, 6.07) is 5.66. The molecule has 0 saturated heterocycles. The number of aromatic nitrogens is 1. The Hall–Kier alpha value is -1.83. The minimum absolute atomic E-state index is 0. The van der Waals surface area contributed by atoms with Gasteiger partial charge in [0.1, 0.15) is 9.88 Å². The van der Waals surface area contributed by atoms with Gasteiger partial charge in [-0.05, 0) is 24.6 Å². The van der Waals surface area contributed by atoms with Crippen LogP contribution < -0.4 is 20.5 Å². The lowest BCUT2D eigenvalue weighted by atomic mass is 10.1. The van der Waals surface area contributed by atoms with Crippen molar-refractivity contribution in [2.45, 2.75) is 32.2 Å². The number of carbonyl (C=O) groups excluding carboxylic acids is 1. The summed E-state index contributed by atoms with van der Waals surface area (Å²) in [4.78, 5) is 17.3. The van der Waals surface area contributed by atoms with E-state index in [4.69, 9.17) is 15.2 Å². The number of benzene rings is 1. The van der Waals surface area contributed by atoms with E-state index < -0.39 is 0 Å². The van der Waals surface area contributed by atoms with Crippen molar-refractivity contribution in [2.24, 2.45) is 5.73 Å². The number of hydrogen-bond donors (Lipinski definition) is 2. The van der Waals surface area contributed by atoms with Gasteiger partial charge in [0.2, 0.25) is 6.79 Å². The molecule has 25 heavy (non-hydrogen) atoms. The van der Waals surface area contributed by atoms with Crippen LogP contribution in [-0.2, 0) is 0 Å². The number of hydrogen-bond acceptors (Lipinski definition) is 6. The van der Waals surface area contributed by atoms with Crippen LogP contribution in [0.1, 0.15) is 35.9 Å². The summed E-state index contributed by atoms with van der Waals surface area (Å²) in [7, 11) is 0.